The van der Waals surface area contributed by atoms with Crippen molar-refractivity contribution in [3.8, 4) is 0 Å². The van der Waals surface area contributed by atoms with Gasteiger partial charge in [-0.05, 0) is 49.2 Å². The van der Waals surface area contributed by atoms with Crippen LogP contribution in [0.25, 0.3) is 0 Å². The first-order chi connectivity index (χ1) is 10.6. The maximum absolute atomic E-state index is 13.7. The molecule has 0 saturated carbocycles. The number of anilines is 2. The molecule has 2 aromatic rings. The monoisotopic (exact) mass is 318 g/mol. The number of benzene rings is 2. The predicted octanol–water partition coefficient (Wildman–Crippen LogP) is 4.33. The standard InChI is InChI=1S/C17H16ClFN2O/c18-14-4-3-5-15(19)16(14)17(22)20-12-6-8-13(9-7-12)21-10-1-2-11-21/h3-9H,1-2,10-11H2,(H,20,22). The van der Waals surface area contributed by atoms with Crippen LogP contribution in [0.4, 0.5) is 15.8 Å². The first kappa shape index (κ1) is 14.9. The molecule has 3 nitrogen and oxygen atoms in total. The molecular formula is C17H16ClFN2O. The molecule has 2 aromatic carbocycles. The van der Waals surface area contributed by atoms with E-state index in [0.29, 0.717) is 5.69 Å². The summed E-state index contributed by atoms with van der Waals surface area (Å²) in [4.78, 5) is 14.5. The minimum Gasteiger partial charge on any atom is -0.372 e. The number of carbonyl (C=O) groups is 1. The van der Waals surface area contributed by atoms with Crippen LogP contribution < -0.4 is 10.2 Å². The van der Waals surface area contributed by atoms with Crippen LogP contribution in [0.2, 0.25) is 5.02 Å². The Kier molecular flexibility index (Phi) is 4.29. The summed E-state index contributed by atoms with van der Waals surface area (Å²) in [5, 5.41) is 2.78. The average Bonchev–Trinajstić information content (AvgIpc) is 3.02. The molecule has 1 N–H and O–H groups in total. The third-order valence-electron chi connectivity index (χ3n) is 3.79. The largest absolute Gasteiger partial charge is 0.372 e. The summed E-state index contributed by atoms with van der Waals surface area (Å²) in [5.41, 5.74) is 1.62. The van der Waals surface area contributed by atoms with Crippen molar-refractivity contribution in [2.24, 2.45) is 0 Å². The zero-order chi connectivity index (χ0) is 15.5. The molecule has 0 unspecified atom stereocenters. The highest BCUT2D eigenvalue weighted by atomic mass is 35.5. The first-order valence-corrected chi connectivity index (χ1v) is 7.63. The lowest BCUT2D eigenvalue weighted by Crippen LogP contribution is -2.18. The lowest BCUT2D eigenvalue weighted by atomic mass is 10.2. The van der Waals surface area contributed by atoms with E-state index in [1.807, 2.05) is 24.3 Å². The van der Waals surface area contributed by atoms with Crippen LogP contribution >= 0.6 is 11.6 Å². The summed E-state index contributed by atoms with van der Waals surface area (Å²) in [7, 11) is 0. The Morgan fingerprint density at radius 1 is 1.09 bits per heavy atom. The molecule has 0 bridgehead atoms. The fraction of sp³-hybridized carbons (Fsp3) is 0.235. The third kappa shape index (κ3) is 3.07. The summed E-state index contributed by atoms with van der Waals surface area (Å²) in [6.07, 6.45) is 2.43. The Labute approximate surface area is 133 Å². The van der Waals surface area contributed by atoms with Crippen molar-refractivity contribution in [3.05, 3.63) is 58.9 Å². The Hall–Kier alpha value is -2.07. The van der Waals surface area contributed by atoms with Crippen molar-refractivity contribution >= 4 is 28.9 Å². The third-order valence-corrected chi connectivity index (χ3v) is 4.10. The second-order valence-corrected chi connectivity index (χ2v) is 5.70. The van der Waals surface area contributed by atoms with Crippen molar-refractivity contribution in [1.29, 1.82) is 0 Å². The molecule has 0 atom stereocenters. The van der Waals surface area contributed by atoms with Gasteiger partial charge in [0, 0.05) is 24.5 Å². The van der Waals surface area contributed by atoms with Gasteiger partial charge in [-0.1, -0.05) is 17.7 Å². The molecule has 5 heteroatoms. The van der Waals surface area contributed by atoms with Gasteiger partial charge >= 0.3 is 0 Å². The number of hydrogen-bond acceptors (Lipinski definition) is 2. The maximum Gasteiger partial charge on any atom is 0.260 e. The Morgan fingerprint density at radius 2 is 1.77 bits per heavy atom. The van der Waals surface area contributed by atoms with E-state index in [1.54, 1.807) is 0 Å². The topological polar surface area (TPSA) is 32.3 Å². The summed E-state index contributed by atoms with van der Waals surface area (Å²) >= 11 is 5.89. The fourth-order valence-electron chi connectivity index (χ4n) is 2.64. The average molecular weight is 319 g/mol. The van der Waals surface area contributed by atoms with Gasteiger partial charge in [-0.15, -0.1) is 0 Å². The number of carbonyl (C=O) groups excluding carboxylic acids is 1. The van der Waals surface area contributed by atoms with Gasteiger partial charge in [0.05, 0.1) is 10.6 Å². The SMILES string of the molecule is O=C(Nc1ccc(N2CCCC2)cc1)c1c(F)cccc1Cl. The van der Waals surface area contributed by atoms with Gasteiger partial charge in [0.1, 0.15) is 5.82 Å². The van der Waals surface area contributed by atoms with Crippen LogP contribution in [-0.4, -0.2) is 19.0 Å². The summed E-state index contributed by atoms with van der Waals surface area (Å²) in [5.74, 6) is -1.17. The molecule has 1 fully saturated rings. The van der Waals surface area contributed by atoms with Crippen molar-refractivity contribution < 1.29 is 9.18 Å². The van der Waals surface area contributed by atoms with Gasteiger partial charge in [0.15, 0.2) is 0 Å². The molecular weight excluding hydrogens is 303 g/mol. The molecule has 0 aliphatic carbocycles. The first-order valence-electron chi connectivity index (χ1n) is 7.25. The molecule has 0 radical (unpaired) electrons. The van der Waals surface area contributed by atoms with E-state index >= 15 is 0 Å². The van der Waals surface area contributed by atoms with E-state index in [9.17, 15) is 9.18 Å². The Balaban J connectivity index is 1.74. The molecule has 1 heterocycles. The number of rotatable bonds is 3. The normalized spacial score (nSPS) is 14.2. The highest BCUT2D eigenvalue weighted by molar-refractivity contribution is 6.34. The number of amides is 1. The molecule has 1 aliphatic heterocycles. The molecule has 1 amide bonds. The Morgan fingerprint density at radius 3 is 2.41 bits per heavy atom. The van der Waals surface area contributed by atoms with Crippen molar-refractivity contribution in [2.45, 2.75) is 12.8 Å². The molecule has 0 spiro atoms. The number of nitrogens with one attached hydrogen (secondary N) is 1. The summed E-state index contributed by atoms with van der Waals surface area (Å²) in [6.45, 7) is 2.13. The summed E-state index contributed by atoms with van der Waals surface area (Å²) in [6, 6.07) is 11.8. The van der Waals surface area contributed by atoms with Crippen LogP contribution in [-0.2, 0) is 0 Å². The van der Waals surface area contributed by atoms with Crippen molar-refractivity contribution in [1.82, 2.24) is 0 Å². The van der Waals surface area contributed by atoms with E-state index in [4.69, 9.17) is 11.6 Å². The van der Waals surface area contributed by atoms with E-state index in [2.05, 4.69) is 10.2 Å². The zero-order valence-corrected chi connectivity index (χ0v) is 12.7. The second kappa shape index (κ2) is 6.36. The molecule has 1 saturated heterocycles. The molecule has 3 rings (SSSR count). The van der Waals surface area contributed by atoms with Gasteiger partial charge in [-0.25, -0.2) is 4.39 Å². The van der Waals surface area contributed by atoms with Gasteiger partial charge in [0.2, 0.25) is 0 Å². The van der Waals surface area contributed by atoms with Crippen LogP contribution in [0, 0.1) is 5.82 Å². The quantitative estimate of drug-likeness (QED) is 0.913. The minimum atomic E-state index is -0.626. The number of nitrogens with zero attached hydrogens (tertiary/aromatic N) is 1. The lowest BCUT2D eigenvalue weighted by Gasteiger charge is -2.17. The highest BCUT2D eigenvalue weighted by Crippen LogP contribution is 2.24. The number of halogens is 2. The predicted molar refractivity (Wildman–Crippen MR) is 87.3 cm³/mol. The van der Waals surface area contributed by atoms with Crippen molar-refractivity contribution in [3.63, 3.8) is 0 Å². The molecule has 0 aromatic heterocycles. The Bertz CT molecular complexity index is 661. The molecule has 114 valence electrons. The van der Waals surface area contributed by atoms with E-state index in [0.717, 1.165) is 18.8 Å². The summed E-state index contributed by atoms with van der Waals surface area (Å²) < 4.78 is 13.7. The number of hydrogen-bond donors (Lipinski definition) is 1. The highest BCUT2D eigenvalue weighted by Gasteiger charge is 2.16. The van der Waals surface area contributed by atoms with E-state index < -0.39 is 11.7 Å². The van der Waals surface area contributed by atoms with Gasteiger partial charge in [0.25, 0.3) is 5.91 Å². The van der Waals surface area contributed by atoms with Crippen LogP contribution in [0.1, 0.15) is 23.2 Å². The van der Waals surface area contributed by atoms with Crippen molar-refractivity contribution in [2.75, 3.05) is 23.3 Å². The second-order valence-electron chi connectivity index (χ2n) is 5.29. The van der Waals surface area contributed by atoms with Crippen LogP contribution in [0.5, 0.6) is 0 Å². The smallest absolute Gasteiger partial charge is 0.260 e. The maximum atomic E-state index is 13.7. The van der Waals surface area contributed by atoms with Crippen LogP contribution in [0.3, 0.4) is 0 Å². The van der Waals surface area contributed by atoms with Crippen LogP contribution in [0.15, 0.2) is 42.5 Å². The lowest BCUT2D eigenvalue weighted by molar-refractivity contribution is 0.102. The van der Waals surface area contributed by atoms with Gasteiger partial charge in [-0.2, -0.15) is 0 Å². The van der Waals surface area contributed by atoms with E-state index in [-0.39, 0.29) is 10.6 Å². The molecule has 22 heavy (non-hydrogen) atoms. The molecule has 1 aliphatic rings. The zero-order valence-electron chi connectivity index (χ0n) is 12.0. The fourth-order valence-corrected chi connectivity index (χ4v) is 2.89. The van der Waals surface area contributed by atoms with Gasteiger partial charge in [-0.3, -0.25) is 4.79 Å². The van der Waals surface area contributed by atoms with Gasteiger partial charge < -0.3 is 10.2 Å². The van der Waals surface area contributed by atoms with E-state index in [1.165, 1.54) is 31.0 Å². The minimum absolute atomic E-state index is 0.103.